The summed E-state index contributed by atoms with van der Waals surface area (Å²) < 4.78 is 39.0. The molecule has 1 saturated heterocycles. The molecular weight excluding hydrogens is 401 g/mol. The van der Waals surface area contributed by atoms with Crippen LogP contribution in [0.2, 0.25) is 0 Å². The minimum absolute atomic E-state index is 0.110. The summed E-state index contributed by atoms with van der Waals surface area (Å²) in [5, 5.41) is 25.0. The number of fused-ring (bicyclic) bond motifs is 1. The third-order valence-corrected chi connectivity index (χ3v) is 5.99. The third-order valence-electron chi connectivity index (χ3n) is 5.11. The maximum Gasteiger partial charge on any atom is 0.401 e. The number of halogens is 3. The number of rotatable bonds is 4. The molecule has 0 radical (unpaired) electrons. The second-order valence-electron chi connectivity index (χ2n) is 7.39. The predicted molar refractivity (Wildman–Crippen MR) is 108 cm³/mol. The van der Waals surface area contributed by atoms with Crippen molar-refractivity contribution in [2.45, 2.75) is 32.0 Å². The number of aromatic nitrogens is 2. The Morgan fingerprint density at radius 3 is 2.86 bits per heavy atom. The monoisotopic (exact) mass is 422 g/mol. The molecule has 4 rings (SSSR count). The zero-order valence-corrected chi connectivity index (χ0v) is 16.6. The number of alkyl halides is 3. The van der Waals surface area contributed by atoms with Gasteiger partial charge >= 0.3 is 6.18 Å². The Hall–Kier alpha value is -2.39. The summed E-state index contributed by atoms with van der Waals surface area (Å²) in [5.41, 5.74) is 2.03. The van der Waals surface area contributed by atoms with Gasteiger partial charge in [0.05, 0.1) is 12.2 Å². The second kappa shape index (κ2) is 7.79. The van der Waals surface area contributed by atoms with E-state index in [-0.39, 0.29) is 11.8 Å². The lowest BCUT2D eigenvalue weighted by molar-refractivity contribution is -0.147. The van der Waals surface area contributed by atoms with Crippen LogP contribution in [0.25, 0.3) is 21.3 Å². The van der Waals surface area contributed by atoms with E-state index in [2.05, 4.69) is 15.5 Å². The summed E-state index contributed by atoms with van der Waals surface area (Å²) >= 11 is 1.55. The minimum Gasteiger partial charge on any atom is -0.507 e. The molecule has 0 amide bonds. The quantitative estimate of drug-likeness (QED) is 0.632. The lowest BCUT2D eigenvalue weighted by Crippen LogP contribution is -2.45. The van der Waals surface area contributed by atoms with Crippen LogP contribution in [-0.4, -0.2) is 52.1 Å². The number of likely N-dealkylation sites (tertiary alicyclic amines) is 1. The van der Waals surface area contributed by atoms with Gasteiger partial charge in [0.1, 0.15) is 11.6 Å². The molecule has 1 aliphatic rings. The minimum atomic E-state index is -4.19. The Labute approximate surface area is 170 Å². The molecule has 3 aromatic rings. The van der Waals surface area contributed by atoms with Crippen LogP contribution in [0.15, 0.2) is 29.6 Å². The Morgan fingerprint density at radius 1 is 1.28 bits per heavy atom. The lowest BCUT2D eigenvalue weighted by atomic mass is 10.0. The lowest BCUT2D eigenvalue weighted by Gasteiger charge is -2.33. The van der Waals surface area contributed by atoms with Crippen molar-refractivity contribution in [1.29, 1.82) is 0 Å². The fourth-order valence-corrected chi connectivity index (χ4v) is 4.61. The number of thiophene rings is 1. The van der Waals surface area contributed by atoms with Crippen molar-refractivity contribution in [1.82, 2.24) is 15.1 Å². The highest BCUT2D eigenvalue weighted by molar-refractivity contribution is 7.17. The fourth-order valence-electron chi connectivity index (χ4n) is 3.82. The van der Waals surface area contributed by atoms with E-state index < -0.39 is 12.7 Å². The molecule has 1 atom stereocenters. The Balaban J connectivity index is 1.50. The van der Waals surface area contributed by atoms with Crippen LogP contribution in [0.5, 0.6) is 5.75 Å². The van der Waals surface area contributed by atoms with Crippen LogP contribution < -0.4 is 5.32 Å². The average molecular weight is 422 g/mol. The van der Waals surface area contributed by atoms with Crippen molar-refractivity contribution >= 4 is 27.2 Å². The van der Waals surface area contributed by atoms with Crippen molar-refractivity contribution in [3.63, 3.8) is 0 Å². The van der Waals surface area contributed by atoms with E-state index in [4.69, 9.17) is 0 Å². The highest BCUT2D eigenvalue weighted by Gasteiger charge is 2.33. The molecule has 0 spiro atoms. The Kier molecular flexibility index (Phi) is 5.35. The van der Waals surface area contributed by atoms with Gasteiger partial charge in [-0.15, -0.1) is 21.5 Å². The summed E-state index contributed by atoms with van der Waals surface area (Å²) in [7, 11) is 0. The van der Waals surface area contributed by atoms with Gasteiger partial charge in [-0.05, 0) is 61.5 Å². The van der Waals surface area contributed by atoms with Crippen LogP contribution >= 0.6 is 11.3 Å². The number of aryl methyl sites for hydroxylation is 1. The molecule has 0 bridgehead atoms. The number of nitrogens with zero attached hydrogens (tertiary/aromatic N) is 3. The van der Waals surface area contributed by atoms with Crippen molar-refractivity contribution in [3.8, 4) is 17.0 Å². The number of aromatic hydroxyl groups is 1. The molecule has 9 heteroatoms. The maximum atomic E-state index is 12.7. The Morgan fingerprint density at radius 2 is 2.10 bits per heavy atom. The number of nitrogens with one attached hydrogen (secondary N) is 1. The van der Waals surface area contributed by atoms with Gasteiger partial charge in [0, 0.05) is 28.2 Å². The molecule has 29 heavy (non-hydrogen) atoms. The van der Waals surface area contributed by atoms with Gasteiger partial charge in [0.2, 0.25) is 0 Å². The number of benzene rings is 1. The molecule has 154 valence electrons. The van der Waals surface area contributed by atoms with Gasteiger partial charge in [0.25, 0.3) is 0 Å². The van der Waals surface area contributed by atoms with Crippen molar-refractivity contribution in [2.75, 3.05) is 25.0 Å². The van der Waals surface area contributed by atoms with E-state index in [1.165, 1.54) is 4.90 Å². The molecule has 0 aliphatic carbocycles. The van der Waals surface area contributed by atoms with Gasteiger partial charge in [-0.25, -0.2) is 0 Å². The highest BCUT2D eigenvalue weighted by atomic mass is 32.1. The summed E-state index contributed by atoms with van der Waals surface area (Å²) in [6, 6.07) is 7.35. The van der Waals surface area contributed by atoms with E-state index in [0.29, 0.717) is 36.6 Å². The number of piperidine rings is 1. The van der Waals surface area contributed by atoms with Gasteiger partial charge in [-0.2, -0.15) is 13.2 Å². The summed E-state index contributed by atoms with van der Waals surface area (Å²) in [4.78, 5) is 1.42. The van der Waals surface area contributed by atoms with Gasteiger partial charge in [0.15, 0.2) is 0 Å². The number of hydrogen-bond acceptors (Lipinski definition) is 6. The molecule has 1 aliphatic heterocycles. The first-order valence-electron chi connectivity index (χ1n) is 9.40. The first-order chi connectivity index (χ1) is 13.8. The number of hydrogen-bond donors (Lipinski definition) is 2. The standard InChI is InChI=1S/C20H21F3N4OS/c1-12-9-17(24-13-3-2-7-27(10-13)11-20(21,22)23)25-26-18(12)15-4-5-16-14(19(15)28)6-8-29-16/h4-6,8-9,13,28H,2-3,7,10-11H2,1H3,(H,24,25)/t13-/m1/s1. The van der Waals surface area contributed by atoms with E-state index in [1.54, 1.807) is 11.3 Å². The SMILES string of the molecule is Cc1cc(N[C@@H]2CCCN(CC(F)(F)F)C2)nnc1-c1ccc2sccc2c1O. The first-order valence-corrected chi connectivity index (χ1v) is 10.3. The third kappa shape index (κ3) is 4.45. The van der Waals surface area contributed by atoms with E-state index in [1.807, 2.05) is 36.6 Å². The molecule has 2 aromatic heterocycles. The van der Waals surface area contributed by atoms with E-state index in [9.17, 15) is 18.3 Å². The van der Waals surface area contributed by atoms with E-state index in [0.717, 1.165) is 22.1 Å². The van der Waals surface area contributed by atoms with Crippen molar-refractivity contribution in [2.24, 2.45) is 0 Å². The first kappa shape index (κ1) is 19.9. The van der Waals surface area contributed by atoms with Crippen LogP contribution in [0.4, 0.5) is 19.0 Å². The van der Waals surface area contributed by atoms with Gasteiger partial charge in [-0.1, -0.05) is 0 Å². The van der Waals surface area contributed by atoms with Crippen LogP contribution in [0.1, 0.15) is 18.4 Å². The normalized spacial score (nSPS) is 18.3. The van der Waals surface area contributed by atoms with Gasteiger partial charge < -0.3 is 10.4 Å². The van der Waals surface area contributed by atoms with Crippen molar-refractivity contribution < 1.29 is 18.3 Å². The second-order valence-corrected chi connectivity index (χ2v) is 8.34. The maximum absolute atomic E-state index is 12.7. The molecule has 3 heterocycles. The smallest absolute Gasteiger partial charge is 0.401 e. The zero-order chi connectivity index (χ0) is 20.6. The molecule has 0 unspecified atom stereocenters. The molecule has 0 saturated carbocycles. The zero-order valence-electron chi connectivity index (χ0n) is 15.8. The summed E-state index contributed by atoms with van der Waals surface area (Å²) in [6.07, 6.45) is -2.70. The number of phenols is 1. The molecule has 2 N–H and O–H groups in total. The largest absolute Gasteiger partial charge is 0.507 e. The Bertz CT molecular complexity index is 1020. The molecule has 1 aromatic carbocycles. The van der Waals surface area contributed by atoms with E-state index >= 15 is 0 Å². The number of phenolic OH excluding ortho intramolecular Hbond substituents is 1. The molecular formula is C20H21F3N4OS. The van der Waals surface area contributed by atoms with Crippen molar-refractivity contribution in [3.05, 3.63) is 35.2 Å². The molecule has 5 nitrogen and oxygen atoms in total. The topological polar surface area (TPSA) is 61.3 Å². The highest BCUT2D eigenvalue weighted by Crippen LogP contribution is 2.38. The predicted octanol–water partition coefficient (Wildman–Crippen LogP) is 4.81. The van der Waals surface area contributed by atoms with Crippen LogP contribution in [0, 0.1) is 6.92 Å². The summed E-state index contributed by atoms with van der Waals surface area (Å²) in [5.74, 6) is 0.707. The number of anilines is 1. The van der Waals surface area contributed by atoms with Crippen LogP contribution in [-0.2, 0) is 0 Å². The fraction of sp³-hybridized carbons (Fsp3) is 0.400. The molecule has 1 fully saturated rings. The van der Waals surface area contributed by atoms with Crippen LogP contribution in [0.3, 0.4) is 0 Å². The van der Waals surface area contributed by atoms with Gasteiger partial charge in [-0.3, -0.25) is 4.90 Å². The average Bonchev–Trinajstić information content (AvgIpc) is 3.11. The summed E-state index contributed by atoms with van der Waals surface area (Å²) in [6.45, 7) is 1.76.